The molecule has 0 spiro atoms. The van der Waals surface area contributed by atoms with E-state index in [0.29, 0.717) is 11.6 Å². The van der Waals surface area contributed by atoms with Crippen LogP contribution in [0.4, 0.5) is 0 Å². The third kappa shape index (κ3) is 1.51. The molecule has 0 amide bonds. The normalized spacial score (nSPS) is 15.2. The molecule has 0 bridgehead atoms. The topological polar surface area (TPSA) is 63.8 Å². The molecule has 1 aliphatic rings. The standard InChI is InChI=1S/C10H9N3O2S/c14-9-7(8-11-12-10(16)15-8)2-1-5-13(9)6-3-4-6/h1-2,5-6H,3-4H2,(H,12,16). The van der Waals surface area contributed by atoms with Gasteiger partial charge in [-0.05, 0) is 37.2 Å². The number of nitrogens with zero attached hydrogens (tertiary/aromatic N) is 2. The van der Waals surface area contributed by atoms with Crippen LogP contribution in [0.15, 0.2) is 27.5 Å². The SMILES string of the molecule is O=c1c(-c2n[nH]c(=S)o2)cccn1C1CC1. The van der Waals surface area contributed by atoms with Gasteiger partial charge in [0, 0.05) is 12.2 Å². The third-order valence-corrected chi connectivity index (χ3v) is 2.76. The van der Waals surface area contributed by atoms with Gasteiger partial charge in [-0.15, -0.1) is 5.10 Å². The zero-order valence-electron chi connectivity index (χ0n) is 8.34. The third-order valence-electron chi connectivity index (χ3n) is 2.58. The van der Waals surface area contributed by atoms with Crippen molar-refractivity contribution in [1.29, 1.82) is 0 Å². The number of hydrogen-bond donors (Lipinski definition) is 1. The molecule has 2 aromatic heterocycles. The summed E-state index contributed by atoms with van der Waals surface area (Å²) in [5.74, 6) is 0.255. The van der Waals surface area contributed by atoms with Gasteiger partial charge < -0.3 is 8.98 Å². The molecule has 0 unspecified atom stereocenters. The van der Waals surface area contributed by atoms with Gasteiger partial charge in [-0.25, -0.2) is 5.10 Å². The monoisotopic (exact) mass is 235 g/mol. The number of aromatic amines is 1. The molecule has 0 saturated heterocycles. The van der Waals surface area contributed by atoms with E-state index < -0.39 is 0 Å². The predicted octanol–water partition coefficient (Wildman–Crippen LogP) is 1.90. The Hall–Kier alpha value is -1.69. The van der Waals surface area contributed by atoms with Gasteiger partial charge in [-0.2, -0.15) is 0 Å². The second-order valence-corrected chi connectivity index (χ2v) is 4.15. The van der Waals surface area contributed by atoms with Crippen LogP contribution < -0.4 is 5.56 Å². The Morgan fingerprint density at radius 1 is 1.56 bits per heavy atom. The summed E-state index contributed by atoms with van der Waals surface area (Å²) in [6, 6.07) is 3.85. The average molecular weight is 235 g/mol. The Balaban J connectivity index is 2.17. The molecule has 0 aromatic carbocycles. The number of hydrogen-bond acceptors (Lipinski definition) is 4. The summed E-state index contributed by atoms with van der Waals surface area (Å²) in [6.45, 7) is 0. The maximum absolute atomic E-state index is 12.1. The fraction of sp³-hybridized carbons (Fsp3) is 0.300. The van der Waals surface area contributed by atoms with Crippen molar-refractivity contribution in [2.24, 2.45) is 0 Å². The highest BCUT2D eigenvalue weighted by molar-refractivity contribution is 7.71. The Kier molecular flexibility index (Phi) is 2.03. The Bertz CT molecular complexity index is 636. The van der Waals surface area contributed by atoms with E-state index in [2.05, 4.69) is 10.2 Å². The molecule has 1 saturated carbocycles. The summed E-state index contributed by atoms with van der Waals surface area (Å²) in [4.78, 5) is 12.3. The number of aromatic nitrogens is 3. The van der Waals surface area contributed by atoms with Crippen molar-refractivity contribution in [3.63, 3.8) is 0 Å². The second-order valence-electron chi connectivity index (χ2n) is 3.78. The second kappa shape index (κ2) is 3.41. The quantitative estimate of drug-likeness (QED) is 0.807. The van der Waals surface area contributed by atoms with Crippen LogP contribution in [0.3, 0.4) is 0 Å². The van der Waals surface area contributed by atoms with E-state index in [0.717, 1.165) is 12.8 Å². The van der Waals surface area contributed by atoms with E-state index in [9.17, 15) is 4.79 Å². The maximum atomic E-state index is 12.1. The van der Waals surface area contributed by atoms with E-state index in [1.165, 1.54) is 0 Å². The highest BCUT2D eigenvalue weighted by atomic mass is 32.1. The number of pyridine rings is 1. The number of rotatable bonds is 2. The predicted molar refractivity (Wildman–Crippen MR) is 59.7 cm³/mol. The molecule has 6 heteroatoms. The van der Waals surface area contributed by atoms with Gasteiger partial charge in [-0.1, -0.05) is 0 Å². The van der Waals surface area contributed by atoms with Crippen molar-refractivity contribution in [3.05, 3.63) is 33.5 Å². The van der Waals surface area contributed by atoms with Gasteiger partial charge in [0.25, 0.3) is 16.3 Å². The molecule has 16 heavy (non-hydrogen) atoms. The molecule has 0 atom stereocenters. The molecule has 2 heterocycles. The Morgan fingerprint density at radius 2 is 2.38 bits per heavy atom. The lowest BCUT2D eigenvalue weighted by molar-refractivity contribution is 0.549. The van der Waals surface area contributed by atoms with E-state index in [-0.39, 0.29) is 16.3 Å². The van der Waals surface area contributed by atoms with Crippen LogP contribution in [0.25, 0.3) is 11.5 Å². The summed E-state index contributed by atoms with van der Waals surface area (Å²) in [5, 5.41) is 6.37. The first-order valence-electron chi connectivity index (χ1n) is 5.03. The molecule has 1 N–H and O–H groups in total. The van der Waals surface area contributed by atoms with Crippen LogP contribution >= 0.6 is 12.2 Å². The number of nitrogens with one attached hydrogen (secondary N) is 1. The minimum Gasteiger partial charge on any atom is -0.409 e. The van der Waals surface area contributed by atoms with Gasteiger partial charge in [0.1, 0.15) is 5.56 Å². The Morgan fingerprint density at radius 3 is 3.00 bits per heavy atom. The van der Waals surface area contributed by atoms with E-state index in [1.807, 2.05) is 6.07 Å². The van der Waals surface area contributed by atoms with Crippen molar-refractivity contribution < 1.29 is 4.42 Å². The minimum atomic E-state index is -0.0738. The van der Waals surface area contributed by atoms with Crippen LogP contribution in [-0.2, 0) is 0 Å². The summed E-state index contributed by atoms with van der Waals surface area (Å²) in [7, 11) is 0. The fourth-order valence-corrected chi connectivity index (χ4v) is 1.78. The van der Waals surface area contributed by atoms with E-state index in [1.54, 1.807) is 16.8 Å². The molecule has 2 aromatic rings. The summed E-state index contributed by atoms with van der Waals surface area (Å²) in [6.07, 6.45) is 3.92. The molecular formula is C10H9N3O2S. The largest absolute Gasteiger partial charge is 0.409 e. The van der Waals surface area contributed by atoms with E-state index >= 15 is 0 Å². The summed E-state index contributed by atoms with van der Waals surface area (Å²) >= 11 is 4.78. The lowest BCUT2D eigenvalue weighted by atomic mass is 10.3. The Labute approximate surface area is 95.7 Å². The zero-order chi connectivity index (χ0) is 11.1. The lowest BCUT2D eigenvalue weighted by Crippen LogP contribution is -2.19. The smallest absolute Gasteiger partial charge is 0.284 e. The zero-order valence-corrected chi connectivity index (χ0v) is 9.16. The molecular weight excluding hydrogens is 226 g/mol. The van der Waals surface area contributed by atoms with E-state index in [4.69, 9.17) is 16.6 Å². The van der Waals surface area contributed by atoms with Gasteiger partial charge >= 0.3 is 0 Å². The van der Waals surface area contributed by atoms with Crippen LogP contribution in [0, 0.1) is 4.84 Å². The van der Waals surface area contributed by atoms with Crippen molar-refractivity contribution >= 4 is 12.2 Å². The molecule has 1 fully saturated rings. The minimum absolute atomic E-state index is 0.0738. The summed E-state index contributed by atoms with van der Waals surface area (Å²) < 4.78 is 6.87. The van der Waals surface area contributed by atoms with Crippen molar-refractivity contribution in [2.75, 3.05) is 0 Å². The van der Waals surface area contributed by atoms with Gasteiger partial charge in [0.2, 0.25) is 0 Å². The molecule has 0 aliphatic heterocycles. The van der Waals surface area contributed by atoms with Crippen molar-refractivity contribution in [1.82, 2.24) is 14.8 Å². The van der Waals surface area contributed by atoms with Crippen molar-refractivity contribution in [2.45, 2.75) is 18.9 Å². The highest BCUT2D eigenvalue weighted by Crippen LogP contribution is 2.33. The molecule has 1 aliphatic carbocycles. The van der Waals surface area contributed by atoms with Crippen LogP contribution in [-0.4, -0.2) is 14.8 Å². The first-order valence-corrected chi connectivity index (χ1v) is 5.43. The first-order chi connectivity index (χ1) is 7.75. The van der Waals surface area contributed by atoms with Crippen molar-refractivity contribution in [3.8, 4) is 11.5 Å². The highest BCUT2D eigenvalue weighted by Gasteiger charge is 2.25. The average Bonchev–Trinajstić information content (AvgIpc) is 3.02. The molecule has 5 nitrogen and oxygen atoms in total. The number of H-pyrrole nitrogens is 1. The van der Waals surface area contributed by atoms with Crippen LogP contribution in [0.1, 0.15) is 18.9 Å². The summed E-state index contributed by atoms with van der Waals surface area (Å²) in [5.41, 5.74) is 0.372. The van der Waals surface area contributed by atoms with Gasteiger partial charge in [-0.3, -0.25) is 4.79 Å². The molecule has 82 valence electrons. The first kappa shape index (κ1) is 9.53. The fourth-order valence-electron chi connectivity index (χ4n) is 1.66. The molecule has 3 rings (SSSR count). The lowest BCUT2D eigenvalue weighted by Gasteiger charge is -2.03. The van der Waals surface area contributed by atoms with Gasteiger partial charge in [0.05, 0.1) is 0 Å². The van der Waals surface area contributed by atoms with Crippen LogP contribution in [0.5, 0.6) is 0 Å². The maximum Gasteiger partial charge on any atom is 0.284 e. The van der Waals surface area contributed by atoms with Gasteiger partial charge in [0.15, 0.2) is 0 Å². The molecule has 0 radical (unpaired) electrons. The van der Waals surface area contributed by atoms with Crippen LogP contribution in [0.2, 0.25) is 0 Å².